The van der Waals surface area contributed by atoms with Crippen LogP contribution in [0.15, 0.2) is 21.2 Å². The van der Waals surface area contributed by atoms with Crippen molar-refractivity contribution >= 4 is 37.8 Å². The van der Waals surface area contributed by atoms with E-state index in [1.165, 1.54) is 0 Å². The largest absolute Gasteiger partial charge is 0.481 e. The number of carbonyl (C=O) groups is 1. The number of rotatable bonds is 5. The highest BCUT2D eigenvalue weighted by atomic mass is 79.9. The number of hydrogen-bond donors (Lipinski definition) is 1. The van der Waals surface area contributed by atoms with E-state index in [0.717, 1.165) is 46.9 Å². The Bertz CT molecular complexity index is 520. The van der Waals surface area contributed by atoms with E-state index in [4.69, 9.17) is 0 Å². The van der Waals surface area contributed by atoms with Gasteiger partial charge in [0.25, 0.3) is 0 Å². The normalized spacial score (nSPS) is 23.2. The van der Waals surface area contributed by atoms with Gasteiger partial charge in [0, 0.05) is 28.2 Å². The Hall–Kier alpha value is -0.460. The lowest BCUT2D eigenvalue weighted by atomic mass is 9.76. The lowest BCUT2D eigenvalue weighted by Crippen LogP contribution is -2.47. The van der Waals surface area contributed by atoms with Gasteiger partial charge in [0.15, 0.2) is 0 Å². The van der Waals surface area contributed by atoms with Crippen molar-refractivity contribution in [2.75, 3.05) is 13.1 Å². The Morgan fingerprint density at radius 2 is 2.29 bits per heavy atom. The van der Waals surface area contributed by atoms with Gasteiger partial charge in [0.1, 0.15) is 0 Å². The molecule has 1 fully saturated rings. The smallest absolute Gasteiger partial charge is 0.310 e. The first-order valence-electron chi connectivity index (χ1n) is 7.22. The van der Waals surface area contributed by atoms with Gasteiger partial charge in [-0.2, -0.15) is 0 Å². The number of carboxylic acids is 1. The third-order valence-corrected chi connectivity index (χ3v) is 5.22. The number of halogens is 2. The maximum absolute atomic E-state index is 11.7. The zero-order valence-electron chi connectivity index (χ0n) is 12.1. The third-order valence-electron chi connectivity index (χ3n) is 4.10. The fourth-order valence-electron chi connectivity index (χ4n) is 3.10. The molecule has 1 saturated heterocycles. The average molecular weight is 420 g/mol. The van der Waals surface area contributed by atoms with E-state index in [2.05, 4.69) is 48.7 Å². The summed E-state index contributed by atoms with van der Waals surface area (Å²) in [6, 6.07) is 1.97. The highest BCUT2D eigenvalue weighted by Gasteiger charge is 2.41. The van der Waals surface area contributed by atoms with Gasteiger partial charge in [-0.1, -0.05) is 13.3 Å². The number of aliphatic carboxylic acids is 1. The van der Waals surface area contributed by atoms with Crippen molar-refractivity contribution in [3.05, 3.63) is 26.9 Å². The van der Waals surface area contributed by atoms with Crippen LogP contribution in [0.5, 0.6) is 0 Å². The second-order valence-electron chi connectivity index (χ2n) is 5.73. The molecule has 1 aromatic heterocycles. The summed E-state index contributed by atoms with van der Waals surface area (Å²) < 4.78 is 1.89. The summed E-state index contributed by atoms with van der Waals surface area (Å²) in [6.45, 7) is 4.28. The molecule has 0 amide bonds. The van der Waals surface area contributed by atoms with Gasteiger partial charge in [-0.05, 0) is 63.7 Å². The summed E-state index contributed by atoms with van der Waals surface area (Å²) in [5.41, 5.74) is 0.366. The molecule has 0 radical (unpaired) electrons. The van der Waals surface area contributed by atoms with Crippen LogP contribution in [0.2, 0.25) is 0 Å². The van der Waals surface area contributed by atoms with Crippen molar-refractivity contribution in [3.63, 3.8) is 0 Å². The molecule has 0 aromatic carbocycles. The van der Waals surface area contributed by atoms with Crippen molar-refractivity contribution in [2.45, 2.75) is 39.2 Å². The molecule has 1 atom stereocenters. The minimum atomic E-state index is -0.656. The van der Waals surface area contributed by atoms with E-state index < -0.39 is 11.4 Å². The molecule has 4 nitrogen and oxygen atoms in total. The predicted octanol–water partition coefficient (Wildman–Crippen LogP) is 4.07. The van der Waals surface area contributed by atoms with Crippen LogP contribution in [0.4, 0.5) is 0 Å². The summed E-state index contributed by atoms with van der Waals surface area (Å²) >= 11 is 6.92. The Balaban J connectivity index is 2.12. The molecule has 0 saturated carbocycles. The molecule has 21 heavy (non-hydrogen) atoms. The first-order valence-corrected chi connectivity index (χ1v) is 8.81. The number of carboxylic acid groups (broad SMARTS) is 1. The van der Waals surface area contributed by atoms with Crippen LogP contribution in [0.25, 0.3) is 0 Å². The summed E-state index contributed by atoms with van der Waals surface area (Å²) in [4.78, 5) is 18.4. The van der Waals surface area contributed by atoms with Crippen LogP contribution in [0.3, 0.4) is 0 Å². The minimum Gasteiger partial charge on any atom is -0.481 e. The van der Waals surface area contributed by atoms with Crippen LogP contribution in [0.1, 0.15) is 38.3 Å². The Morgan fingerprint density at radius 3 is 2.90 bits per heavy atom. The summed E-state index contributed by atoms with van der Waals surface area (Å²) in [6.07, 6.45) is 5.14. The quantitative estimate of drug-likeness (QED) is 0.781. The van der Waals surface area contributed by atoms with Gasteiger partial charge in [-0.25, -0.2) is 0 Å². The molecule has 2 heterocycles. The van der Waals surface area contributed by atoms with Crippen LogP contribution in [0, 0.1) is 5.41 Å². The first-order chi connectivity index (χ1) is 9.97. The molecule has 116 valence electrons. The zero-order valence-corrected chi connectivity index (χ0v) is 15.3. The van der Waals surface area contributed by atoms with Crippen LogP contribution in [-0.4, -0.2) is 34.0 Å². The van der Waals surface area contributed by atoms with Crippen molar-refractivity contribution in [2.24, 2.45) is 5.41 Å². The van der Waals surface area contributed by atoms with Gasteiger partial charge in [0.2, 0.25) is 0 Å². The Labute approximate surface area is 142 Å². The predicted molar refractivity (Wildman–Crippen MR) is 89.1 cm³/mol. The molecule has 1 unspecified atom stereocenters. The van der Waals surface area contributed by atoms with Crippen molar-refractivity contribution in [1.29, 1.82) is 0 Å². The fraction of sp³-hybridized carbons (Fsp3) is 0.600. The molecule has 1 aliphatic rings. The Kier molecular flexibility index (Phi) is 5.80. The average Bonchev–Trinajstić information content (AvgIpc) is 2.42. The highest BCUT2D eigenvalue weighted by molar-refractivity contribution is 9.11. The number of aromatic nitrogens is 1. The maximum atomic E-state index is 11.7. The van der Waals surface area contributed by atoms with Crippen molar-refractivity contribution < 1.29 is 9.90 Å². The molecule has 0 spiro atoms. The summed E-state index contributed by atoms with van der Waals surface area (Å²) in [5, 5.41) is 9.64. The van der Waals surface area contributed by atoms with E-state index in [0.29, 0.717) is 13.1 Å². The van der Waals surface area contributed by atoms with E-state index in [1.807, 2.05) is 6.07 Å². The second-order valence-corrected chi connectivity index (χ2v) is 7.50. The Morgan fingerprint density at radius 1 is 1.52 bits per heavy atom. The third kappa shape index (κ3) is 4.05. The first kappa shape index (κ1) is 16.9. The van der Waals surface area contributed by atoms with Crippen LogP contribution < -0.4 is 0 Å². The molecule has 1 aromatic rings. The van der Waals surface area contributed by atoms with Crippen LogP contribution >= 0.6 is 31.9 Å². The molecule has 2 rings (SSSR count). The highest BCUT2D eigenvalue weighted by Crippen LogP contribution is 2.36. The second kappa shape index (κ2) is 7.20. The molecular formula is C15H20Br2N2O2. The van der Waals surface area contributed by atoms with E-state index in [9.17, 15) is 9.90 Å². The van der Waals surface area contributed by atoms with E-state index >= 15 is 0 Å². The lowest BCUT2D eigenvalue weighted by Gasteiger charge is -2.39. The fourth-order valence-corrected chi connectivity index (χ4v) is 4.21. The maximum Gasteiger partial charge on any atom is 0.310 e. The number of hydrogen-bond acceptors (Lipinski definition) is 3. The number of piperidine rings is 1. The molecule has 1 N–H and O–H groups in total. The monoisotopic (exact) mass is 418 g/mol. The number of likely N-dealkylation sites (tertiary alicyclic amines) is 1. The zero-order chi connectivity index (χ0) is 15.5. The topological polar surface area (TPSA) is 53.4 Å². The van der Waals surface area contributed by atoms with Crippen molar-refractivity contribution in [1.82, 2.24) is 9.88 Å². The lowest BCUT2D eigenvalue weighted by molar-refractivity contribution is -0.153. The SMILES string of the molecule is CCCC1(C(=O)O)CCCN(Cc2ncc(Br)cc2Br)C1. The van der Waals surface area contributed by atoms with Crippen LogP contribution in [-0.2, 0) is 11.3 Å². The van der Waals surface area contributed by atoms with Gasteiger partial charge >= 0.3 is 5.97 Å². The number of nitrogens with zero attached hydrogens (tertiary/aromatic N) is 2. The van der Waals surface area contributed by atoms with E-state index in [1.54, 1.807) is 6.20 Å². The summed E-state index contributed by atoms with van der Waals surface area (Å²) in [7, 11) is 0. The van der Waals surface area contributed by atoms with Crippen molar-refractivity contribution in [3.8, 4) is 0 Å². The van der Waals surface area contributed by atoms with Gasteiger partial charge in [-0.3, -0.25) is 14.7 Å². The number of pyridine rings is 1. The standard InChI is InChI=1S/C15H20Br2N2O2/c1-2-4-15(14(20)21)5-3-6-19(10-15)9-13-12(17)7-11(16)8-18-13/h7-8H,2-6,9-10H2,1H3,(H,20,21). The van der Waals surface area contributed by atoms with Gasteiger partial charge < -0.3 is 5.11 Å². The molecule has 1 aliphatic heterocycles. The van der Waals surface area contributed by atoms with Gasteiger partial charge in [0.05, 0.1) is 11.1 Å². The van der Waals surface area contributed by atoms with E-state index in [-0.39, 0.29) is 0 Å². The van der Waals surface area contributed by atoms with Gasteiger partial charge in [-0.15, -0.1) is 0 Å². The molecule has 0 aliphatic carbocycles. The molecular weight excluding hydrogens is 400 g/mol. The molecule has 0 bridgehead atoms. The minimum absolute atomic E-state index is 0.588. The summed E-state index contributed by atoms with van der Waals surface area (Å²) in [5.74, 6) is -0.656. The molecule has 6 heteroatoms.